The van der Waals surface area contributed by atoms with E-state index >= 15 is 0 Å². The van der Waals surface area contributed by atoms with Crippen LogP contribution in [0, 0.1) is 25.2 Å². The van der Waals surface area contributed by atoms with Gasteiger partial charge in [0, 0.05) is 18.9 Å². The molecule has 0 aliphatic heterocycles. The Balaban J connectivity index is 2.56. The lowest BCUT2D eigenvalue weighted by molar-refractivity contribution is 0.0957. The number of amides is 1. The van der Waals surface area contributed by atoms with Crippen LogP contribution in [0.25, 0.3) is 5.82 Å². The number of nitrogens with one attached hydrogen (secondary N) is 1. The fourth-order valence-electron chi connectivity index (χ4n) is 1.81. The Labute approximate surface area is 110 Å². The van der Waals surface area contributed by atoms with E-state index in [1.165, 1.54) is 11.7 Å². The highest BCUT2D eigenvalue weighted by Gasteiger charge is 2.13. The molecule has 0 atom stereocenters. The minimum Gasteiger partial charge on any atom is -0.354 e. The van der Waals surface area contributed by atoms with Crippen LogP contribution in [0.3, 0.4) is 0 Å². The van der Waals surface area contributed by atoms with E-state index in [9.17, 15) is 10.1 Å². The highest BCUT2D eigenvalue weighted by molar-refractivity contribution is 5.91. The van der Waals surface area contributed by atoms with Gasteiger partial charge in [-0.25, -0.2) is 9.67 Å². The summed E-state index contributed by atoms with van der Waals surface area (Å²) in [6.07, 6.45) is 1.62. The minimum atomic E-state index is -0.276. The van der Waals surface area contributed by atoms with E-state index in [1.54, 1.807) is 12.3 Å². The first-order valence-corrected chi connectivity index (χ1v) is 5.73. The van der Waals surface area contributed by atoms with Crippen molar-refractivity contribution in [2.75, 3.05) is 7.05 Å². The van der Waals surface area contributed by atoms with Crippen LogP contribution >= 0.6 is 0 Å². The van der Waals surface area contributed by atoms with Gasteiger partial charge in [0.25, 0.3) is 5.91 Å². The molecule has 0 fully saturated rings. The highest BCUT2D eigenvalue weighted by Crippen LogP contribution is 2.16. The molecule has 0 saturated heterocycles. The van der Waals surface area contributed by atoms with Crippen LogP contribution in [-0.2, 0) is 0 Å². The molecular formula is C13H13N5O. The maximum atomic E-state index is 11.5. The smallest absolute Gasteiger partial charge is 0.271 e. The van der Waals surface area contributed by atoms with Crippen molar-refractivity contribution >= 4 is 5.91 Å². The fourth-order valence-corrected chi connectivity index (χ4v) is 1.81. The van der Waals surface area contributed by atoms with Gasteiger partial charge >= 0.3 is 0 Å². The maximum Gasteiger partial charge on any atom is 0.271 e. The van der Waals surface area contributed by atoms with Gasteiger partial charge in [0.15, 0.2) is 11.5 Å². The molecule has 0 bridgehead atoms. The van der Waals surface area contributed by atoms with Crippen LogP contribution in [-0.4, -0.2) is 27.7 Å². The van der Waals surface area contributed by atoms with Crippen molar-refractivity contribution in [3.8, 4) is 11.9 Å². The Hall–Kier alpha value is -2.68. The molecule has 1 N–H and O–H groups in total. The number of aryl methyl sites for hydroxylation is 2. The van der Waals surface area contributed by atoms with Gasteiger partial charge in [0.1, 0.15) is 6.07 Å². The van der Waals surface area contributed by atoms with E-state index in [1.807, 2.05) is 19.9 Å². The van der Waals surface area contributed by atoms with E-state index in [-0.39, 0.29) is 11.6 Å². The van der Waals surface area contributed by atoms with Crippen LogP contribution in [0.1, 0.15) is 27.3 Å². The molecule has 6 nitrogen and oxygen atoms in total. The van der Waals surface area contributed by atoms with Crippen molar-refractivity contribution in [1.29, 1.82) is 5.26 Å². The molecule has 96 valence electrons. The van der Waals surface area contributed by atoms with Crippen LogP contribution < -0.4 is 5.32 Å². The summed E-state index contributed by atoms with van der Waals surface area (Å²) in [5, 5.41) is 15.8. The minimum absolute atomic E-state index is 0.276. The van der Waals surface area contributed by atoms with Gasteiger partial charge in [-0.05, 0) is 31.5 Å². The molecule has 0 unspecified atom stereocenters. The molecule has 6 heteroatoms. The Bertz CT molecular complexity index is 681. The molecular weight excluding hydrogens is 242 g/mol. The molecule has 2 aromatic rings. The average molecular weight is 255 g/mol. The molecule has 0 saturated carbocycles. The number of carbonyl (C=O) groups excluding carboxylic acids is 1. The van der Waals surface area contributed by atoms with Crippen LogP contribution in [0.15, 0.2) is 18.3 Å². The van der Waals surface area contributed by atoms with Gasteiger partial charge in [-0.2, -0.15) is 10.4 Å². The molecule has 1 amide bonds. The first-order chi connectivity index (χ1) is 9.06. The number of aromatic nitrogens is 3. The Kier molecular flexibility index (Phi) is 3.29. The van der Waals surface area contributed by atoms with Crippen molar-refractivity contribution in [2.24, 2.45) is 0 Å². The topological polar surface area (TPSA) is 83.6 Å². The number of hydrogen-bond acceptors (Lipinski definition) is 4. The largest absolute Gasteiger partial charge is 0.354 e. The molecule has 0 aliphatic carbocycles. The molecule has 2 aromatic heterocycles. The van der Waals surface area contributed by atoms with Crippen molar-refractivity contribution in [1.82, 2.24) is 20.1 Å². The summed E-state index contributed by atoms with van der Waals surface area (Å²) in [6, 6.07) is 5.54. The standard InChI is InChI=1S/C13H13N5O/c1-8-6-9(2)16-12(10(8)7-14)18-5-4-11(17-18)13(19)15-3/h4-6H,1-3H3,(H,15,19). The van der Waals surface area contributed by atoms with E-state index < -0.39 is 0 Å². The third-order valence-electron chi connectivity index (χ3n) is 2.70. The zero-order valence-corrected chi connectivity index (χ0v) is 10.9. The van der Waals surface area contributed by atoms with Crippen molar-refractivity contribution in [3.63, 3.8) is 0 Å². The lowest BCUT2D eigenvalue weighted by Crippen LogP contribution is -2.18. The summed E-state index contributed by atoms with van der Waals surface area (Å²) >= 11 is 0. The summed E-state index contributed by atoms with van der Waals surface area (Å²) in [6.45, 7) is 3.70. The van der Waals surface area contributed by atoms with Gasteiger partial charge in [0.05, 0.1) is 5.56 Å². The highest BCUT2D eigenvalue weighted by atomic mass is 16.1. The van der Waals surface area contributed by atoms with Crippen molar-refractivity contribution < 1.29 is 4.79 Å². The third-order valence-corrected chi connectivity index (χ3v) is 2.70. The van der Waals surface area contributed by atoms with Crippen LogP contribution in [0.4, 0.5) is 0 Å². The van der Waals surface area contributed by atoms with E-state index in [2.05, 4.69) is 21.5 Å². The molecule has 0 radical (unpaired) electrons. The molecule has 2 rings (SSSR count). The van der Waals surface area contributed by atoms with Crippen LogP contribution in [0.2, 0.25) is 0 Å². The second kappa shape index (κ2) is 4.90. The van der Waals surface area contributed by atoms with Crippen LogP contribution in [0.5, 0.6) is 0 Å². The summed E-state index contributed by atoms with van der Waals surface area (Å²) in [4.78, 5) is 15.8. The first-order valence-electron chi connectivity index (χ1n) is 5.73. The quantitative estimate of drug-likeness (QED) is 0.871. The molecule has 19 heavy (non-hydrogen) atoms. The van der Waals surface area contributed by atoms with Gasteiger partial charge in [0.2, 0.25) is 0 Å². The number of pyridine rings is 1. The van der Waals surface area contributed by atoms with E-state index in [0.717, 1.165) is 11.3 Å². The Morgan fingerprint density at radius 2 is 2.21 bits per heavy atom. The molecule has 0 aromatic carbocycles. The second-order valence-electron chi connectivity index (χ2n) is 4.12. The Morgan fingerprint density at radius 1 is 1.47 bits per heavy atom. The number of hydrogen-bond donors (Lipinski definition) is 1. The van der Waals surface area contributed by atoms with Gasteiger partial charge in [-0.15, -0.1) is 0 Å². The normalized spacial score (nSPS) is 10.0. The van der Waals surface area contributed by atoms with Gasteiger partial charge in [-0.1, -0.05) is 0 Å². The molecule has 0 spiro atoms. The number of carbonyl (C=O) groups is 1. The monoisotopic (exact) mass is 255 g/mol. The average Bonchev–Trinajstić information content (AvgIpc) is 2.86. The predicted molar refractivity (Wildman–Crippen MR) is 68.9 cm³/mol. The predicted octanol–water partition coefficient (Wildman–Crippen LogP) is 1.12. The van der Waals surface area contributed by atoms with Gasteiger partial charge < -0.3 is 5.32 Å². The third kappa shape index (κ3) is 2.31. The number of nitriles is 1. The lowest BCUT2D eigenvalue weighted by Gasteiger charge is -2.07. The summed E-state index contributed by atoms with van der Waals surface area (Å²) < 4.78 is 1.45. The van der Waals surface area contributed by atoms with Gasteiger partial charge in [-0.3, -0.25) is 4.79 Å². The fraction of sp³-hybridized carbons (Fsp3) is 0.231. The SMILES string of the molecule is CNC(=O)c1ccn(-c2nc(C)cc(C)c2C#N)n1. The zero-order valence-electron chi connectivity index (χ0n) is 10.9. The molecule has 2 heterocycles. The number of nitrogens with zero attached hydrogens (tertiary/aromatic N) is 4. The summed E-state index contributed by atoms with van der Waals surface area (Å²) in [5.41, 5.74) is 2.37. The number of rotatable bonds is 2. The zero-order chi connectivity index (χ0) is 14.0. The molecule has 0 aliphatic rings. The second-order valence-corrected chi connectivity index (χ2v) is 4.12. The first kappa shape index (κ1) is 12.8. The van der Waals surface area contributed by atoms with E-state index in [4.69, 9.17) is 0 Å². The lowest BCUT2D eigenvalue weighted by atomic mass is 10.1. The maximum absolute atomic E-state index is 11.5. The van der Waals surface area contributed by atoms with Crippen molar-refractivity contribution in [2.45, 2.75) is 13.8 Å². The summed E-state index contributed by atoms with van der Waals surface area (Å²) in [7, 11) is 1.54. The Morgan fingerprint density at radius 3 is 2.84 bits per heavy atom. The van der Waals surface area contributed by atoms with E-state index in [0.29, 0.717) is 11.4 Å². The summed E-state index contributed by atoms with van der Waals surface area (Å²) in [5.74, 6) is 0.164. The van der Waals surface area contributed by atoms with Crippen molar-refractivity contribution in [3.05, 3.63) is 40.8 Å².